The summed E-state index contributed by atoms with van der Waals surface area (Å²) in [5, 5.41) is 0. The maximum atomic E-state index is 13.9. The third kappa shape index (κ3) is 4.77. The fraction of sp³-hybridized carbons (Fsp3) is 0.296. The van der Waals surface area contributed by atoms with E-state index in [0.717, 1.165) is 22.3 Å². The number of sulfonamides is 1. The SMILES string of the molecule is Cc1cc(C)c(S(=O)(=O)N2Cc3ccccc3CC2C(=O)CCc2cccc(F)c2)c(C)c1. The topological polar surface area (TPSA) is 54.5 Å². The fourth-order valence-electron chi connectivity index (χ4n) is 4.84. The summed E-state index contributed by atoms with van der Waals surface area (Å²) in [7, 11) is -3.91. The number of ketones is 1. The van der Waals surface area contributed by atoms with Crippen molar-refractivity contribution in [2.24, 2.45) is 0 Å². The predicted octanol–water partition coefficient (Wildman–Crippen LogP) is 5.07. The van der Waals surface area contributed by atoms with E-state index >= 15 is 0 Å². The van der Waals surface area contributed by atoms with Crippen LogP contribution < -0.4 is 0 Å². The highest BCUT2D eigenvalue weighted by molar-refractivity contribution is 7.89. The minimum atomic E-state index is -3.91. The van der Waals surface area contributed by atoms with E-state index in [2.05, 4.69) is 0 Å². The average Bonchev–Trinajstić information content (AvgIpc) is 2.75. The average molecular weight is 466 g/mol. The summed E-state index contributed by atoms with van der Waals surface area (Å²) in [5.74, 6) is -0.499. The van der Waals surface area contributed by atoms with Crippen molar-refractivity contribution in [3.63, 3.8) is 0 Å². The van der Waals surface area contributed by atoms with Gasteiger partial charge < -0.3 is 0 Å². The highest BCUT2D eigenvalue weighted by atomic mass is 32.2. The smallest absolute Gasteiger partial charge is 0.244 e. The van der Waals surface area contributed by atoms with E-state index in [1.165, 1.54) is 16.4 Å². The van der Waals surface area contributed by atoms with Gasteiger partial charge in [-0.15, -0.1) is 0 Å². The van der Waals surface area contributed by atoms with Crippen molar-refractivity contribution in [2.75, 3.05) is 0 Å². The molecule has 0 fully saturated rings. The van der Waals surface area contributed by atoms with E-state index in [-0.39, 0.29) is 29.5 Å². The molecule has 0 bridgehead atoms. The lowest BCUT2D eigenvalue weighted by Gasteiger charge is -2.36. The van der Waals surface area contributed by atoms with E-state index in [0.29, 0.717) is 24.0 Å². The highest BCUT2D eigenvalue weighted by Gasteiger charge is 2.40. The molecule has 0 amide bonds. The normalized spacial score (nSPS) is 16.4. The number of halogens is 1. The number of fused-ring (bicyclic) bond motifs is 1. The monoisotopic (exact) mass is 465 g/mol. The van der Waals surface area contributed by atoms with Crippen LogP contribution in [-0.4, -0.2) is 24.5 Å². The Balaban J connectivity index is 1.70. The lowest BCUT2D eigenvalue weighted by molar-refractivity contribution is -0.123. The number of rotatable bonds is 6. The van der Waals surface area contributed by atoms with Gasteiger partial charge in [0.2, 0.25) is 10.0 Å². The molecule has 0 aliphatic carbocycles. The Kier molecular flexibility index (Phi) is 6.50. The van der Waals surface area contributed by atoms with Gasteiger partial charge in [-0.3, -0.25) is 4.79 Å². The quantitative estimate of drug-likeness (QED) is 0.511. The highest BCUT2D eigenvalue weighted by Crippen LogP contribution is 2.33. The van der Waals surface area contributed by atoms with Crippen LogP contribution in [0.15, 0.2) is 65.6 Å². The second-order valence-electron chi connectivity index (χ2n) is 8.86. The molecular weight excluding hydrogens is 437 g/mol. The third-order valence-corrected chi connectivity index (χ3v) is 8.46. The summed E-state index contributed by atoms with van der Waals surface area (Å²) in [5.41, 5.74) is 4.98. The first-order valence-electron chi connectivity index (χ1n) is 11.1. The van der Waals surface area contributed by atoms with Crippen LogP contribution in [0.1, 0.15) is 39.8 Å². The molecule has 172 valence electrons. The summed E-state index contributed by atoms with van der Waals surface area (Å²) in [6.45, 7) is 5.69. The number of hydrogen-bond donors (Lipinski definition) is 0. The minimum absolute atomic E-state index is 0.147. The first-order chi connectivity index (χ1) is 15.7. The molecule has 4 nitrogen and oxygen atoms in total. The number of nitrogens with zero attached hydrogens (tertiary/aromatic N) is 1. The van der Waals surface area contributed by atoms with Gasteiger partial charge in [0, 0.05) is 13.0 Å². The summed E-state index contributed by atoms with van der Waals surface area (Å²) in [4.78, 5) is 13.7. The van der Waals surface area contributed by atoms with Gasteiger partial charge in [-0.2, -0.15) is 4.31 Å². The van der Waals surface area contributed by atoms with Crippen molar-refractivity contribution in [1.82, 2.24) is 4.31 Å². The Hall–Kier alpha value is -2.83. The van der Waals surface area contributed by atoms with Crippen LogP contribution in [0.2, 0.25) is 0 Å². The lowest BCUT2D eigenvalue weighted by atomic mass is 9.91. The van der Waals surface area contributed by atoms with Gasteiger partial charge in [0.05, 0.1) is 10.9 Å². The Morgan fingerprint density at radius 2 is 1.64 bits per heavy atom. The predicted molar refractivity (Wildman–Crippen MR) is 127 cm³/mol. The molecule has 0 radical (unpaired) electrons. The van der Waals surface area contributed by atoms with Crippen LogP contribution in [0.4, 0.5) is 4.39 Å². The summed E-state index contributed by atoms with van der Waals surface area (Å²) in [6, 6.07) is 16.8. The molecule has 1 aliphatic rings. The van der Waals surface area contributed by atoms with Gasteiger partial charge in [-0.05, 0) is 73.6 Å². The Morgan fingerprint density at radius 3 is 2.30 bits per heavy atom. The molecule has 1 atom stereocenters. The van der Waals surface area contributed by atoms with Crippen molar-refractivity contribution >= 4 is 15.8 Å². The standard InChI is InChI=1S/C27H28FNO3S/c1-18-13-19(2)27(20(3)14-18)33(31,32)29-17-23-9-5-4-8-22(23)16-25(29)26(30)12-11-21-7-6-10-24(28)15-21/h4-10,13-15,25H,11-12,16-17H2,1-3H3. The summed E-state index contributed by atoms with van der Waals surface area (Å²) in [6.07, 6.45) is 0.848. The zero-order valence-electron chi connectivity index (χ0n) is 19.1. The molecule has 0 saturated carbocycles. The van der Waals surface area contributed by atoms with Crippen LogP contribution in [0.25, 0.3) is 0 Å². The minimum Gasteiger partial charge on any atom is -0.298 e. The van der Waals surface area contributed by atoms with Crippen LogP contribution in [-0.2, 0) is 34.2 Å². The molecular formula is C27H28FNO3S. The fourth-order valence-corrected chi connectivity index (χ4v) is 6.85. The molecule has 1 aliphatic heterocycles. The van der Waals surface area contributed by atoms with E-state index < -0.39 is 16.1 Å². The number of carbonyl (C=O) groups excluding carboxylic acids is 1. The second-order valence-corrected chi connectivity index (χ2v) is 10.7. The lowest BCUT2D eigenvalue weighted by Crippen LogP contribution is -2.48. The molecule has 3 aromatic carbocycles. The van der Waals surface area contributed by atoms with Crippen molar-refractivity contribution in [3.05, 3.63) is 99.9 Å². The Labute approximate surface area is 195 Å². The van der Waals surface area contributed by atoms with Crippen molar-refractivity contribution < 1.29 is 17.6 Å². The zero-order valence-corrected chi connectivity index (χ0v) is 20.0. The number of aryl methyl sites for hydroxylation is 4. The number of Topliss-reactive ketones (excluding diaryl/α,β-unsaturated/α-hetero) is 1. The number of hydrogen-bond acceptors (Lipinski definition) is 3. The molecule has 0 spiro atoms. The molecule has 1 unspecified atom stereocenters. The first-order valence-corrected chi connectivity index (χ1v) is 12.5. The van der Waals surface area contributed by atoms with Gasteiger partial charge in [-0.25, -0.2) is 12.8 Å². The largest absolute Gasteiger partial charge is 0.298 e. The molecule has 4 rings (SSSR count). The Morgan fingerprint density at radius 1 is 0.970 bits per heavy atom. The number of benzene rings is 3. The maximum absolute atomic E-state index is 13.9. The molecule has 3 aromatic rings. The van der Waals surface area contributed by atoms with Crippen LogP contribution in [0, 0.1) is 26.6 Å². The van der Waals surface area contributed by atoms with Gasteiger partial charge in [-0.1, -0.05) is 54.1 Å². The van der Waals surface area contributed by atoms with Gasteiger partial charge >= 0.3 is 0 Å². The molecule has 33 heavy (non-hydrogen) atoms. The molecule has 0 aromatic heterocycles. The van der Waals surface area contributed by atoms with E-state index in [1.807, 2.05) is 43.3 Å². The van der Waals surface area contributed by atoms with Gasteiger partial charge in [0.1, 0.15) is 5.82 Å². The van der Waals surface area contributed by atoms with Gasteiger partial charge in [0.25, 0.3) is 0 Å². The van der Waals surface area contributed by atoms with Crippen LogP contribution in [0.5, 0.6) is 0 Å². The molecule has 0 N–H and O–H groups in total. The summed E-state index contributed by atoms with van der Waals surface area (Å²) >= 11 is 0. The zero-order chi connectivity index (χ0) is 23.8. The van der Waals surface area contributed by atoms with E-state index in [1.54, 1.807) is 26.0 Å². The van der Waals surface area contributed by atoms with Crippen LogP contribution in [0.3, 0.4) is 0 Å². The number of carbonyl (C=O) groups is 1. The molecule has 6 heteroatoms. The van der Waals surface area contributed by atoms with E-state index in [4.69, 9.17) is 0 Å². The van der Waals surface area contributed by atoms with Crippen LogP contribution >= 0.6 is 0 Å². The van der Waals surface area contributed by atoms with Crippen molar-refractivity contribution in [2.45, 2.75) is 57.5 Å². The van der Waals surface area contributed by atoms with Crippen molar-refractivity contribution in [1.29, 1.82) is 0 Å². The first kappa shape index (κ1) is 23.3. The molecule has 1 heterocycles. The third-order valence-electron chi connectivity index (χ3n) is 6.30. The van der Waals surface area contributed by atoms with E-state index in [9.17, 15) is 17.6 Å². The Bertz CT molecular complexity index is 1290. The second kappa shape index (κ2) is 9.20. The maximum Gasteiger partial charge on any atom is 0.244 e. The summed E-state index contributed by atoms with van der Waals surface area (Å²) < 4.78 is 42.7. The van der Waals surface area contributed by atoms with Gasteiger partial charge in [0.15, 0.2) is 5.78 Å². The molecule has 0 saturated heterocycles. The van der Waals surface area contributed by atoms with Crippen molar-refractivity contribution in [3.8, 4) is 0 Å².